The molecule has 2 aliphatic carbocycles. The third-order valence-electron chi connectivity index (χ3n) is 3.71. The molecule has 2 unspecified atom stereocenters. The van der Waals surface area contributed by atoms with Crippen molar-refractivity contribution in [2.75, 3.05) is 13.5 Å². The van der Waals surface area contributed by atoms with E-state index in [0.29, 0.717) is 23.3 Å². The summed E-state index contributed by atoms with van der Waals surface area (Å²) >= 11 is 0. The van der Waals surface area contributed by atoms with Crippen LogP contribution in [0.3, 0.4) is 0 Å². The van der Waals surface area contributed by atoms with Crippen molar-refractivity contribution in [1.29, 1.82) is 0 Å². The van der Waals surface area contributed by atoms with E-state index in [1.54, 1.807) is 12.1 Å². The van der Waals surface area contributed by atoms with Crippen LogP contribution in [0.4, 0.5) is 0 Å². The molecule has 8 nitrogen and oxygen atoms in total. The van der Waals surface area contributed by atoms with Crippen molar-refractivity contribution in [2.45, 2.75) is 18.3 Å². The smallest absolute Gasteiger partial charge is 0.167 e. The van der Waals surface area contributed by atoms with Gasteiger partial charge in [-0.25, -0.2) is 0 Å². The van der Waals surface area contributed by atoms with E-state index in [9.17, 15) is 0 Å². The molecule has 0 fully saturated rings. The summed E-state index contributed by atoms with van der Waals surface area (Å²) in [6.07, 6.45) is 5.31. The Balaban J connectivity index is 1.92. The molecule has 0 N–H and O–H groups in total. The number of azide groups is 2. The maximum absolute atomic E-state index is 8.31. The summed E-state index contributed by atoms with van der Waals surface area (Å²) < 4.78 is 11.1. The Labute approximate surface area is 120 Å². The van der Waals surface area contributed by atoms with Gasteiger partial charge in [-0.05, 0) is 29.6 Å². The molecule has 0 heterocycles. The van der Waals surface area contributed by atoms with Gasteiger partial charge < -0.3 is 9.47 Å². The fourth-order valence-corrected chi connectivity index (χ4v) is 2.99. The summed E-state index contributed by atoms with van der Waals surface area (Å²) in [5.74, 6) is 2.03. The number of nitrogens with zero attached hydrogens (tertiary/aromatic N) is 6. The summed E-state index contributed by atoms with van der Waals surface area (Å²) in [5, 5.41) is 6.78. The molecular weight excluding hydrogens is 272 g/mol. The fourth-order valence-electron chi connectivity index (χ4n) is 2.99. The van der Waals surface area contributed by atoms with Gasteiger partial charge in [-0.1, -0.05) is 22.4 Å². The van der Waals surface area contributed by atoms with Crippen LogP contribution in [0, 0.1) is 0 Å². The lowest BCUT2D eigenvalue weighted by Crippen LogP contribution is -2.04. The number of hydrogen-bond donors (Lipinski definition) is 0. The van der Waals surface area contributed by atoms with Gasteiger partial charge >= 0.3 is 0 Å². The highest BCUT2D eigenvalue weighted by atomic mass is 16.5. The molecule has 0 saturated heterocycles. The number of allylic oxidation sites excluding steroid dienone is 2. The maximum atomic E-state index is 8.31. The second-order valence-electron chi connectivity index (χ2n) is 4.73. The van der Waals surface area contributed by atoms with Gasteiger partial charge in [0.15, 0.2) is 13.5 Å². The van der Waals surface area contributed by atoms with Crippen molar-refractivity contribution in [3.05, 3.63) is 56.3 Å². The van der Waals surface area contributed by atoms with Crippen molar-refractivity contribution < 1.29 is 9.47 Å². The lowest BCUT2D eigenvalue weighted by Gasteiger charge is -2.19. The summed E-state index contributed by atoms with van der Waals surface area (Å²) in [4.78, 5) is 5.35. The minimum atomic E-state index is -0.0387. The number of fused-ring (bicyclic) bond motifs is 5. The molecule has 0 aliphatic heterocycles. The third kappa shape index (κ3) is 2.33. The predicted octanol–water partition coefficient (Wildman–Crippen LogP) is 4.12. The number of rotatable bonds is 6. The number of hydrogen-bond acceptors (Lipinski definition) is 4. The minimum absolute atomic E-state index is 0.0387. The predicted molar refractivity (Wildman–Crippen MR) is 75.0 cm³/mol. The highest BCUT2D eigenvalue weighted by Gasteiger charge is 2.37. The zero-order valence-electron chi connectivity index (χ0n) is 11.1. The van der Waals surface area contributed by atoms with Crippen LogP contribution in [0.5, 0.6) is 11.5 Å². The molecule has 2 aliphatic rings. The molecule has 0 amide bonds. The van der Waals surface area contributed by atoms with Gasteiger partial charge in [0.05, 0.1) is 0 Å². The summed E-state index contributed by atoms with van der Waals surface area (Å²) in [7, 11) is 0. The largest absolute Gasteiger partial charge is 0.487 e. The quantitative estimate of drug-likeness (QED) is 0.338. The van der Waals surface area contributed by atoms with Gasteiger partial charge in [-0.2, -0.15) is 0 Å². The Morgan fingerprint density at radius 3 is 1.86 bits per heavy atom. The Bertz CT molecular complexity index is 631. The first-order valence-corrected chi connectivity index (χ1v) is 6.47. The first kappa shape index (κ1) is 13.2. The van der Waals surface area contributed by atoms with Gasteiger partial charge in [0.1, 0.15) is 11.5 Å². The first-order valence-electron chi connectivity index (χ1n) is 6.47. The Kier molecular flexibility index (Phi) is 3.55. The van der Waals surface area contributed by atoms with E-state index in [-0.39, 0.29) is 13.5 Å². The van der Waals surface area contributed by atoms with Gasteiger partial charge in [0.25, 0.3) is 0 Å². The zero-order chi connectivity index (χ0) is 14.7. The van der Waals surface area contributed by atoms with E-state index >= 15 is 0 Å². The van der Waals surface area contributed by atoms with Gasteiger partial charge in [0, 0.05) is 32.8 Å². The summed E-state index contributed by atoms with van der Waals surface area (Å²) in [6, 6.07) is 3.59. The van der Waals surface area contributed by atoms with Crippen LogP contribution < -0.4 is 9.47 Å². The fraction of sp³-hybridized carbons (Fsp3) is 0.385. The van der Waals surface area contributed by atoms with Crippen molar-refractivity contribution in [1.82, 2.24) is 0 Å². The Hall–Kier alpha value is -2.82. The lowest BCUT2D eigenvalue weighted by atomic mass is 9.95. The number of benzene rings is 1. The average Bonchev–Trinajstić information content (AvgIpc) is 3.11. The normalized spacial score (nSPS) is 20.4. The van der Waals surface area contributed by atoms with E-state index in [4.69, 9.17) is 20.5 Å². The third-order valence-corrected chi connectivity index (χ3v) is 3.71. The summed E-state index contributed by atoms with van der Waals surface area (Å²) in [6.45, 7) is -0.0774. The zero-order valence-corrected chi connectivity index (χ0v) is 11.1. The standard InChI is InChI=1S/C13H12N6O2/c14-18-16-6-20-10-3-4-11(21-7-17-19-15)13-9-2-1-8(5-9)12(10)13/h1-4,8-9H,5-7H2. The van der Waals surface area contributed by atoms with Crippen molar-refractivity contribution in [2.24, 2.45) is 10.2 Å². The molecule has 21 heavy (non-hydrogen) atoms. The monoisotopic (exact) mass is 284 g/mol. The highest BCUT2D eigenvalue weighted by Crippen LogP contribution is 2.55. The molecule has 0 aromatic heterocycles. The highest BCUT2D eigenvalue weighted by molar-refractivity contribution is 5.60. The first-order chi connectivity index (χ1) is 10.3. The Morgan fingerprint density at radius 1 is 0.952 bits per heavy atom. The number of ether oxygens (including phenoxy) is 2. The van der Waals surface area contributed by atoms with Crippen molar-refractivity contribution >= 4 is 0 Å². The topological polar surface area (TPSA) is 116 Å². The molecule has 1 aromatic rings. The molecule has 2 atom stereocenters. The van der Waals surface area contributed by atoms with Crippen molar-refractivity contribution in [3.8, 4) is 11.5 Å². The molecule has 0 saturated carbocycles. The van der Waals surface area contributed by atoms with E-state index < -0.39 is 0 Å². The van der Waals surface area contributed by atoms with Crippen LogP contribution in [0.15, 0.2) is 34.5 Å². The van der Waals surface area contributed by atoms with Crippen LogP contribution in [0.1, 0.15) is 29.4 Å². The van der Waals surface area contributed by atoms with Gasteiger partial charge in [0.2, 0.25) is 0 Å². The molecule has 1 aromatic carbocycles. The lowest BCUT2D eigenvalue weighted by molar-refractivity contribution is 0.315. The van der Waals surface area contributed by atoms with Crippen LogP contribution in [-0.2, 0) is 0 Å². The van der Waals surface area contributed by atoms with E-state index in [1.807, 2.05) is 0 Å². The summed E-state index contributed by atoms with van der Waals surface area (Å²) in [5.41, 5.74) is 18.8. The van der Waals surface area contributed by atoms with Crippen LogP contribution in [-0.4, -0.2) is 13.5 Å². The van der Waals surface area contributed by atoms with Crippen molar-refractivity contribution in [3.63, 3.8) is 0 Å². The van der Waals surface area contributed by atoms with Crippen LogP contribution in [0.2, 0.25) is 0 Å². The molecule has 8 heteroatoms. The minimum Gasteiger partial charge on any atom is -0.487 e. The maximum Gasteiger partial charge on any atom is 0.167 e. The van der Waals surface area contributed by atoms with Gasteiger partial charge in [-0.15, -0.1) is 0 Å². The molecule has 3 rings (SSSR count). The average molecular weight is 284 g/mol. The van der Waals surface area contributed by atoms with Crippen LogP contribution in [0.25, 0.3) is 20.9 Å². The van der Waals surface area contributed by atoms with E-state index in [0.717, 1.165) is 17.5 Å². The van der Waals surface area contributed by atoms with Crippen LogP contribution >= 0.6 is 0 Å². The molecule has 0 spiro atoms. The molecule has 2 bridgehead atoms. The SMILES string of the molecule is [N-]=[N+]=NCOc1ccc(OCN=[N+]=[N-])c2c1C1C=CC2C1. The Morgan fingerprint density at radius 2 is 1.43 bits per heavy atom. The van der Waals surface area contributed by atoms with E-state index in [1.165, 1.54) is 0 Å². The molecule has 0 radical (unpaired) electrons. The molecular formula is C13H12N6O2. The van der Waals surface area contributed by atoms with Gasteiger partial charge in [-0.3, -0.25) is 0 Å². The van der Waals surface area contributed by atoms with E-state index in [2.05, 4.69) is 32.2 Å². The second kappa shape index (κ2) is 5.66. The molecule has 106 valence electrons. The second-order valence-corrected chi connectivity index (χ2v) is 4.73.